The Morgan fingerprint density at radius 1 is 1.35 bits per heavy atom. The third kappa shape index (κ3) is 4.18. The Labute approximate surface area is 100 Å². The van der Waals surface area contributed by atoms with Gasteiger partial charge in [-0.25, -0.2) is 4.79 Å². The molecule has 0 aliphatic rings. The van der Waals surface area contributed by atoms with Crippen LogP contribution in [0.15, 0.2) is 35.3 Å². The minimum atomic E-state index is -1.06. The van der Waals surface area contributed by atoms with E-state index in [4.69, 9.17) is 4.74 Å². The molecule has 1 aromatic rings. The van der Waals surface area contributed by atoms with E-state index in [2.05, 4.69) is 4.99 Å². The van der Waals surface area contributed by atoms with Gasteiger partial charge in [0.1, 0.15) is 0 Å². The number of hydrogen-bond acceptors (Lipinski definition) is 4. The molecular formula is C13H15NO3. The van der Waals surface area contributed by atoms with Gasteiger partial charge in [0.15, 0.2) is 5.78 Å². The molecule has 0 saturated heterocycles. The topological polar surface area (TPSA) is 55.7 Å². The first-order valence-corrected chi connectivity index (χ1v) is 5.40. The van der Waals surface area contributed by atoms with Crippen LogP contribution in [0, 0.1) is 0 Å². The van der Waals surface area contributed by atoms with Crippen LogP contribution >= 0.6 is 0 Å². The molecule has 0 radical (unpaired) electrons. The molecule has 4 nitrogen and oxygen atoms in total. The smallest absolute Gasteiger partial charge is 0.338 e. The fourth-order valence-corrected chi connectivity index (χ4v) is 1.25. The van der Waals surface area contributed by atoms with Crippen molar-refractivity contribution < 1.29 is 14.3 Å². The van der Waals surface area contributed by atoms with Crippen LogP contribution in [-0.2, 0) is 14.3 Å². The van der Waals surface area contributed by atoms with Crippen LogP contribution in [0.2, 0.25) is 0 Å². The highest BCUT2D eigenvalue weighted by Gasteiger charge is 2.22. The zero-order chi connectivity index (χ0) is 12.7. The van der Waals surface area contributed by atoms with Gasteiger partial charge in [0.05, 0.1) is 6.61 Å². The van der Waals surface area contributed by atoms with E-state index in [-0.39, 0.29) is 12.4 Å². The highest BCUT2D eigenvalue weighted by atomic mass is 16.5. The van der Waals surface area contributed by atoms with Gasteiger partial charge < -0.3 is 4.74 Å². The summed E-state index contributed by atoms with van der Waals surface area (Å²) in [5.41, 5.74) is 0.836. The SMILES string of the molecule is CCOC(=O)C(N=Cc1ccccc1)C(C)=O. The molecule has 1 rings (SSSR count). The van der Waals surface area contributed by atoms with Gasteiger partial charge in [0.2, 0.25) is 6.04 Å². The van der Waals surface area contributed by atoms with Gasteiger partial charge in [-0.2, -0.15) is 0 Å². The summed E-state index contributed by atoms with van der Waals surface area (Å²) in [5, 5.41) is 0. The lowest BCUT2D eigenvalue weighted by Gasteiger charge is -2.07. The van der Waals surface area contributed by atoms with Crippen LogP contribution in [0.4, 0.5) is 0 Å². The van der Waals surface area contributed by atoms with Gasteiger partial charge in [-0.15, -0.1) is 0 Å². The predicted octanol–water partition coefficient (Wildman–Crippen LogP) is 1.63. The molecule has 90 valence electrons. The van der Waals surface area contributed by atoms with Crippen molar-refractivity contribution >= 4 is 18.0 Å². The van der Waals surface area contributed by atoms with Crippen LogP contribution < -0.4 is 0 Å². The number of carbonyl (C=O) groups excluding carboxylic acids is 2. The third-order valence-electron chi connectivity index (χ3n) is 2.07. The van der Waals surface area contributed by atoms with Crippen molar-refractivity contribution in [2.75, 3.05) is 6.61 Å². The number of nitrogens with zero attached hydrogens (tertiary/aromatic N) is 1. The average molecular weight is 233 g/mol. The predicted molar refractivity (Wildman–Crippen MR) is 65.1 cm³/mol. The van der Waals surface area contributed by atoms with Crippen molar-refractivity contribution in [1.82, 2.24) is 0 Å². The van der Waals surface area contributed by atoms with Crippen molar-refractivity contribution in [3.8, 4) is 0 Å². The van der Waals surface area contributed by atoms with E-state index in [0.717, 1.165) is 5.56 Å². The monoisotopic (exact) mass is 233 g/mol. The van der Waals surface area contributed by atoms with E-state index in [1.165, 1.54) is 13.1 Å². The number of rotatable bonds is 5. The van der Waals surface area contributed by atoms with Crippen LogP contribution in [0.25, 0.3) is 0 Å². The van der Waals surface area contributed by atoms with Gasteiger partial charge in [-0.1, -0.05) is 30.3 Å². The lowest BCUT2D eigenvalue weighted by atomic mass is 10.2. The standard InChI is InChI=1S/C13H15NO3/c1-3-17-13(16)12(10(2)15)14-9-11-7-5-4-6-8-11/h4-9,12H,3H2,1-2H3. The molecule has 0 bridgehead atoms. The third-order valence-corrected chi connectivity index (χ3v) is 2.07. The lowest BCUT2D eigenvalue weighted by molar-refractivity contribution is -0.146. The number of ether oxygens (including phenoxy) is 1. The molecular weight excluding hydrogens is 218 g/mol. The van der Waals surface area contributed by atoms with E-state index in [9.17, 15) is 9.59 Å². The minimum Gasteiger partial charge on any atom is -0.464 e. The second kappa shape index (κ2) is 6.58. The van der Waals surface area contributed by atoms with E-state index in [1.54, 1.807) is 6.92 Å². The van der Waals surface area contributed by atoms with Gasteiger partial charge in [-0.3, -0.25) is 9.79 Å². The Morgan fingerprint density at radius 3 is 2.53 bits per heavy atom. The summed E-state index contributed by atoms with van der Waals surface area (Å²) in [6, 6.07) is 8.21. The molecule has 0 N–H and O–H groups in total. The summed E-state index contributed by atoms with van der Waals surface area (Å²) in [6.45, 7) is 3.25. The lowest BCUT2D eigenvalue weighted by Crippen LogP contribution is -2.28. The van der Waals surface area contributed by atoms with Crippen LogP contribution in [0.3, 0.4) is 0 Å². The maximum Gasteiger partial charge on any atom is 0.338 e. The fraction of sp³-hybridized carbons (Fsp3) is 0.308. The van der Waals surface area contributed by atoms with Crippen molar-refractivity contribution in [2.24, 2.45) is 4.99 Å². The Kier molecular flexibility index (Phi) is 5.07. The molecule has 17 heavy (non-hydrogen) atoms. The van der Waals surface area contributed by atoms with Gasteiger partial charge in [0.25, 0.3) is 0 Å². The molecule has 1 unspecified atom stereocenters. The molecule has 0 aliphatic carbocycles. The first kappa shape index (κ1) is 13.1. The Hall–Kier alpha value is -1.97. The van der Waals surface area contributed by atoms with Crippen molar-refractivity contribution in [2.45, 2.75) is 19.9 Å². The normalized spacial score (nSPS) is 12.4. The van der Waals surface area contributed by atoms with E-state index in [1.807, 2.05) is 30.3 Å². The molecule has 0 aromatic heterocycles. The fourth-order valence-electron chi connectivity index (χ4n) is 1.25. The number of hydrogen-bond donors (Lipinski definition) is 0. The average Bonchev–Trinajstić information content (AvgIpc) is 2.30. The van der Waals surface area contributed by atoms with E-state index < -0.39 is 12.0 Å². The van der Waals surface area contributed by atoms with Crippen molar-refractivity contribution in [3.63, 3.8) is 0 Å². The summed E-state index contributed by atoms with van der Waals surface area (Å²) in [7, 11) is 0. The number of benzene rings is 1. The highest BCUT2D eigenvalue weighted by Crippen LogP contribution is 2.00. The summed E-state index contributed by atoms with van der Waals surface area (Å²) in [6.07, 6.45) is 1.50. The van der Waals surface area contributed by atoms with Gasteiger partial charge in [-0.05, 0) is 19.4 Å². The van der Waals surface area contributed by atoms with E-state index in [0.29, 0.717) is 0 Å². The molecule has 1 atom stereocenters. The zero-order valence-corrected chi connectivity index (χ0v) is 9.92. The first-order valence-electron chi connectivity index (χ1n) is 5.40. The zero-order valence-electron chi connectivity index (χ0n) is 9.92. The molecule has 0 spiro atoms. The van der Waals surface area contributed by atoms with Crippen molar-refractivity contribution in [3.05, 3.63) is 35.9 Å². The van der Waals surface area contributed by atoms with E-state index >= 15 is 0 Å². The number of esters is 1. The highest BCUT2D eigenvalue weighted by molar-refractivity contribution is 6.03. The molecule has 0 fully saturated rings. The Balaban J connectivity index is 2.77. The summed E-state index contributed by atoms with van der Waals surface area (Å²) < 4.78 is 4.78. The molecule has 0 aliphatic heterocycles. The van der Waals surface area contributed by atoms with Crippen molar-refractivity contribution in [1.29, 1.82) is 0 Å². The number of carbonyl (C=O) groups is 2. The minimum absolute atomic E-state index is 0.240. The maximum absolute atomic E-state index is 11.4. The molecule has 0 saturated carbocycles. The number of ketones is 1. The second-order valence-electron chi connectivity index (χ2n) is 3.45. The Morgan fingerprint density at radius 2 is 2.00 bits per heavy atom. The quantitative estimate of drug-likeness (QED) is 0.441. The van der Waals surface area contributed by atoms with Crippen LogP contribution in [0.1, 0.15) is 19.4 Å². The summed E-state index contributed by atoms with van der Waals surface area (Å²) in [4.78, 5) is 26.7. The summed E-state index contributed by atoms with van der Waals surface area (Å²) >= 11 is 0. The molecule has 0 amide bonds. The first-order chi connectivity index (χ1) is 8.15. The molecule has 0 heterocycles. The number of Topliss-reactive ketones (excluding diaryl/α,β-unsaturated/α-hetero) is 1. The van der Waals surface area contributed by atoms with Crippen LogP contribution in [0.5, 0.6) is 0 Å². The molecule has 1 aromatic carbocycles. The second-order valence-corrected chi connectivity index (χ2v) is 3.45. The summed E-state index contributed by atoms with van der Waals surface area (Å²) in [5.74, 6) is -0.928. The largest absolute Gasteiger partial charge is 0.464 e. The Bertz CT molecular complexity index is 412. The van der Waals surface area contributed by atoms with Gasteiger partial charge >= 0.3 is 5.97 Å². The maximum atomic E-state index is 11.4. The number of aliphatic imine (C=N–C) groups is 1. The van der Waals surface area contributed by atoms with Gasteiger partial charge in [0, 0.05) is 6.21 Å². The molecule has 4 heteroatoms. The van der Waals surface area contributed by atoms with Crippen LogP contribution in [-0.4, -0.2) is 30.6 Å².